The summed E-state index contributed by atoms with van der Waals surface area (Å²) >= 11 is 0. The summed E-state index contributed by atoms with van der Waals surface area (Å²) in [6.45, 7) is 2.50. The van der Waals surface area contributed by atoms with Crippen LogP contribution in [0.1, 0.15) is 24.2 Å². The lowest BCUT2D eigenvalue weighted by Gasteiger charge is -2.19. The summed E-state index contributed by atoms with van der Waals surface area (Å²) in [6.07, 6.45) is 1.58. The molecule has 2 rings (SSSR count). The van der Waals surface area contributed by atoms with Gasteiger partial charge in [-0.1, -0.05) is 6.07 Å². The van der Waals surface area contributed by atoms with Crippen molar-refractivity contribution in [3.8, 4) is 0 Å². The van der Waals surface area contributed by atoms with E-state index < -0.39 is 23.5 Å². The van der Waals surface area contributed by atoms with Crippen LogP contribution in [-0.4, -0.2) is 16.8 Å². The number of benzene rings is 1. The molecule has 0 aliphatic carbocycles. The Morgan fingerprint density at radius 2 is 1.95 bits per heavy atom. The second-order valence-corrected chi connectivity index (χ2v) is 4.06. The van der Waals surface area contributed by atoms with Gasteiger partial charge in [-0.3, -0.25) is 4.68 Å². The first kappa shape index (κ1) is 13.6. The standard InChI is InChI=1S/C13H14F3N3/c1-3-19-10(6-7-18-19)13(17-2)8-4-5-9(14)12(16)11(8)15/h4-7,13,17H,3H2,1-2H3. The Bertz CT molecular complexity index is 581. The Morgan fingerprint density at radius 3 is 2.58 bits per heavy atom. The van der Waals surface area contributed by atoms with Crippen molar-refractivity contribution in [1.82, 2.24) is 15.1 Å². The molecule has 0 saturated heterocycles. The highest BCUT2D eigenvalue weighted by Crippen LogP contribution is 2.26. The molecule has 0 radical (unpaired) electrons. The lowest BCUT2D eigenvalue weighted by Crippen LogP contribution is -2.23. The molecule has 102 valence electrons. The van der Waals surface area contributed by atoms with E-state index in [0.717, 1.165) is 6.07 Å². The maximum absolute atomic E-state index is 13.8. The molecular weight excluding hydrogens is 255 g/mol. The minimum absolute atomic E-state index is 0.0524. The quantitative estimate of drug-likeness (QED) is 0.865. The van der Waals surface area contributed by atoms with Gasteiger partial charge in [0.2, 0.25) is 0 Å². The van der Waals surface area contributed by atoms with Crippen molar-refractivity contribution in [3.05, 3.63) is 53.1 Å². The Labute approximate surface area is 109 Å². The van der Waals surface area contributed by atoms with E-state index in [0.29, 0.717) is 12.2 Å². The second-order valence-electron chi connectivity index (χ2n) is 4.06. The van der Waals surface area contributed by atoms with Crippen LogP contribution in [0.3, 0.4) is 0 Å². The Balaban J connectivity index is 2.52. The van der Waals surface area contributed by atoms with Crippen molar-refractivity contribution >= 4 is 0 Å². The van der Waals surface area contributed by atoms with E-state index in [-0.39, 0.29) is 5.56 Å². The van der Waals surface area contributed by atoms with Gasteiger partial charge in [0.25, 0.3) is 0 Å². The van der Waals surface area contributed by atoms with Gasteiger partial charge in [-0.05, 0) is 26.1 Å². The molecular formula is C13H14F3N3. The summed E-state index contributed by atoms with van der Waals surface area (Å²) in [5, 5.41) is 6.98. The first-order chi connectivity index (χ1) is 9.10. The number of aromatic nitrogens is 2. The van der Waals surface area contributed by atoms with E-state index in [1.165, 1.54) is 6.07 Å². The van der Waals surface area contributed by atoms with Crippen LogP contribution in [0.15, 0.2) is 24.4 Å². The third-order valence-corrected chi connectivity index (χ3v) is 3.01. The SMILES string of the molecule is CCn1nccc1C(NC)c1ccc(F)c(F)c1F. The van der Waals surface area contributed by atoms with Gasteiger partial charge in [0.15, 0.2) is 17.5 Å². The van der Waals surface area contributed by atoms with Gasteiger partial charge in [-0.25, -0.2) is 13.2 Å². The molecule has 6 heteroatoms. The predicted molar refractivity (Wildman–Crippen MR) is 65.1 cm³/mol. The Kier molecular flexibility index (Phi) is 3.90. The highest BCUT2D eigenvalue weighted by molar-refractivity contribution is 5.30. The first-order valence-electron chi connectivity index (χ1n) is 5.92. The van der Waals surface area contributed by atoms with Crippen LogP contribution in [0.2, 0.25) is 0 Å². The number of nitrogens with one attached hydrogen (secondary N) is 1. The fourth-order valence-corrected chi connectivity index (χ4v) is 2.08. The molecule has 3 nitrogen and oxygen atoms in total. The topological polar surface area (TPSA) is 29.9 Å². The second kappa shape index (κ2) is 5.44. The monoisotopic (exact) mass is 269 g/mol. The average Bonchev–Trinajstić information content (AvgIpc) is 2.88. The van der Waals surface area contributed by atoms with E-state index in [9.17, 15) is 13.2 Å². The lowest BCUT2D eigenvalue weighted by atomic mass is 10.0. The van der Waals surface area contributed by atoms with Crippen LogP contribution in [0.5, 0.6) is 0 Å². The van der Waals surface area contributed by atoms with Crippen molar-refractivity contribution in [1.29, 1.82) is 0 Å². The van der Waals surface area contributed by atoms with Crippen LogP contribution in [-0.2, 0) is 6.54 Å². The van der Waals surface area contributed by atoms with Crippen molar-refractivity contribution in [2.45, 2.75) is 19.5 Å². The molecule has 0 aliphatic rings. The van der Waals surface area contributed by atoms with Crippen molar-refractivity contribution in [2.75, 3.05) is 7.05 Å². The third-order valence-electron chi connectivity index (χ3n) is 3.01. The number of aryl methyl sites for hydroxylation is 1. The molecule has 0 saturated carbocycles. The highest BCUT2D eigenvalue weighted by Gasteiger charge is 2.23. The first-order valence-corrected chi connectivity index (χ1v) is 5.92. The van der Waals surface area contributed by atoms with Crippen molar-refractivity contribution < 1.29 is 13.2 Å². The van der Waals surface area contributed by atoms with Gasteiger partial charge in [0, 0.05) is 18.3 Å². The molecule has 1 unspecified atom stereocenters. The van der Waals surface area contributed by atoms with Crippen molar-refractivity contribution in [2.24, 2.45) is 0 Å². The molecule has 0 spiro atoms. The molecule has 1 aromatic carbocycles. The maximum Gasteiger partial charge on any atom is 0.194 e. The smallest absolute Gasteiger partial charge is 0.194 e. The number of halogens is 3. The van der Waals surface area contributed by atoms with Crippen LogP contribution in [0.25, 0.3) is 0 Å². The number of rotatable bonds is 4. The van der Waals surface area contributed by atoms with Gasteiger partial charge in [0.05, 0.1) is 11.7 Å². The molecule has 0 aliphatic heterocycles. The highest BCUT2D eigenvalue weighted by atomic mass is 19.2. The van der Waals surface area contributed by atoms with E-state index in [4.69, 9.17) is 0 Å². The Morgan fingerprint density at radius 1 is 1.21 bits per heavy atom. The van der Waals surface area contributed by atoms with Gasteiger partial charge < -0.3 is 5.32 Å². The van der Waals surface area contributed by atoms with Crippen LogP contribution in [0.4, 0.5) is 13.2 Å². The lowest BCUT2D eigenvalue weighted by molar-refractivity contribution is 0.432. The maximum atomic E-state index is 13.8. The fraction of sp³-hybridized carbons (Fsp3) is 0.308. The zero-order valence-corrected chi connectivity index (χ0v) is 10.6. The van der Waals surface area contributed by atoms with Crippen LogP contribution >= 0.6 is 0 Å². The summed E-state index contributed by atoms with van der Waals surface area (Å²) in [5.74, 6) is -3.83. The molecule has 0 bridgehead atoms. The van der Waals surface area contributed by atoms with E-state index in [1.54, 1.807) is 24.0 Å². The average molecular weight is 269 g/mol. The van der Waals surface area contributed by atoms with E-state index in [2.05, 4.69) is 10.4 Å². The van der Waals surface area contributed by atoms with Crippen LogP contribution in [0, 0.1) is 17.5 Å². The number of hydrogen-bond acceptors (Lipinski definition) is 2. The van der Waals surface area contributed by atoms with Crippen LogP contribution < -0.4 is 5.32 Å². The zero-order valence-electron chi connectivity index (χ0n) is 10.6. The van der Waals surface area contributed by atoms with Crippen molar-refractivity contribution in [3.63, 3.8) is 0 Å². The minimum Gasteiger partial charge on any atom is -0.308 e. The summed E-state index contributed by atoms with van der Waals surface area (Å²) in [5.41, 5.74) is 0.742. The van der Waals surface area contributed by atoms with Gasteiger partial charge in [-0.15, -0.1) is 0 Å². The molecule has 0 fully saturated rings. The molecule has 1 heterocycles. The van der Waals surface area contributed by atoms with Gasteiger partial charge >= 0.3 is 0 Å². The fourth-order valence-electron chi connectivity index (χ4n) is 2.08. The molecule has 0 amide bonds. The largest absolute Gasteiger partial charge is 0.308 e. The Hall–Kier alpha value is -1.82. The van der Waals surface area contributed by atoms with E-state index in [1.807, 2.05) is 6.92 Å². The summed E-state index contributed by atoms with van der Waals surface area (Å²) in [7, 11) is 1.62. The molecule has 2 aromatic rings. The number of nitrogens with zero attached hydrogens (tertiary/aromatic N) is 2. The molecule has 1 aromatic heterocycles. The zero-order chi connectivity index (χ0) is 14.0. The predicted octanol–water partition coefficient (Wildman–Crippen LogP) is 2.63. The normalized spacial score (nSPS) is 12.7. The minimum atomic E-state index is -1.46. The summed E-state index contributed by atoms with van der Waals surface area (Å²) in [4.78, 5) is 0. The molecule has 1 N–H and O–H groups in total. The molecule has 1 atom stereocenters. The third kappa shape index (κ3) is 2.35. The van der Waals surface area contributed by atoms with Gasteiger partial charge in [-0.2, -0.15) is 5.10 Å². The summed E-state index contributed by atoms with van der Waals surface area (Å²) < 4.78 is 41.8. The number of hydrogen-bond donors (Lipinski definition) is 1. The van der Waals surface area contributed by atoms with E-state index >= 15 is 0 Å². The molecule has 19 heavy (non-hydrogen) atoms. The summed E-state index contributed by atoms with van der Waals surface area (Å²) in [6, 6.07) is 3.29. The van der Waals surface area contributed by atoms with Gasteiger partial charge in [0.1, 0.15) is 0 Å².